The van der Waals surface area contributed by atoms with Gasteiger partial charge in [0.2, 0.25) is 11.8 Å². The van der Waals surface area contributed by atoms with Crippen molar-refractivity contribution in [1.82, 2.24) is 10.2 Å². The van der Waals surface area contributed by atoms with E-state index in [0.29, 0.717) is 18.8 Å². The molecule has 1 heterocycles. The number of nitrogens with zero attached hydrogens (tertiary/aromatic N) is 2. The first-order valence-corrected chi connectivity index (χ1v) is 7.49. The molecule has 1 saturated carbocycles. The molecule has 0 aromatic rings. The van der Waals surface area contributed by atoms with Crippen molar-refractivity contribution in [3.63, 3.8) is 0 Å². The molecule has 2 fully saturated rings. The minimum atomic E-state index is -0.907. The molecule has 1 atom stereocenters. The van der Waals surface area contributed by atoms with Gasteiger partial charge in [-0.25, -0.2) is 0 Å². The van der Waals surface area contributed by atoms with Gasteiger partial charge in [-0.1, -0.05) is 6.92 Å². The fourth-order valence-electron chi connectivity index (χ4n) is 3.24. The summed E-state index contributed by atoms with van der Waals surface area (Å²) in [6, 6.07) is 1.59. The van der Waals surface area contributed by atoms with E-state index in [1.807, 2.05) is 11.8 Å². The highest BCUT2D eigenvalue weighted by Crippen LogP contribution is 2.45. The normalized spacial score (nSPS) is 30.9. The van der Waals surface area contributed by atoms with Crippen molar-refractivity contribution in [2.75, 3.05) is 13.1 Å². The van der Waals surface area contributed by atoms with E-state index in [0.717, 1.165) is 25.9 Å². The summed E-state index contributed by atoms with van der Waals surface area (Å²) in [6.45, 7) is 5.30. The second kappa shape index (κ2) is 5.82. The van der Waals surface area contributed by atoms with Crippen LogP contribution in [0.3, 0.4) is 0 Å². The number of amides is 2. The standard InChI is InChI=1S/C15H23N3O2/c1-11-8-15(9-11,10-16)14(20)17-12(2)13(19)18-6-4-3-5-7-18/h11-12H,3-9H2,1-2H3,(H,17,20). The summed E-state index contributed by atoms with van der Waals surface area (Å²) in [4.78, 5) is 26.3. The first-order valence-electron chi connectivity index (χ1n) is 7.49. The maximum absolute atomic E-state index is 12.2. The van der Waals surface area contributed by atoms with Gasteiger partial charge in [-0.15, -0.1) is 0 Å². The lowest BCUT2D eigenvalue weighted by Crippen LogP contribution is -2.54. The number of hydrogen-bond acceptors (Lipinski definition) is 3. The summed E-state index contributed by atoms with van der Waals surface area (Å²) in [5, 5.41) is 12.0. The summed E-state index contributed by atoms with van der Waals surface area (Å²) >= 11 is 0. The van der Waals surface area contributed by atoms with Gasteiger partial charge < -0.3 is 10.2 Å². The van der Waals surface area contributed by atoms with E-state index < -0.39 is 11.5 Å². The maximum atomic E-state index is 12.2. The first-order chi connectivity index (χ1) is 9.48. The number of hydrogen-bond donors (Lipinski definition) is 1. The quantitative estimate of drug-likeness (QED) is 0.848. The third kappa shape index (κ3) is 2.79. The molecule has 2 rings (SSSR count). The van der Waals surface area contributed by atoms with Gasteiger partial charge in [0.15, 0.2) is 0 Å². The molecule has 0 bridgehead atoms. The van der Waals surface area contributed by atoms with Crippen LogP contribution < -0.4 is 5.32 Å². The van der Waals surface area contributed by atoms with Crippen molar-refractivity contribution in [3.8, 4) is 6.07 Å². The van der Waals surface area contributed by atoms with E-state index in [4.69, 9.17) is 0 Å². The lowest BCUT2D eigenvalue weighted by atomic mass is 9.63. The lowest BCUT2D eigenvalue weighted by Gasteiger charge is -2.40. The Bertz CT molecular complexity index is 429. The molecule has 2 aliphatic rings. The van der Waals surface area contributed by atoms with E-state index in [1.54, 1.807) is 6.92 Å². The fraction of sp³-hybridized carbons (Fsp3) is 0.800. The number of nitrogens with one attached hydrogen (secondary N) is 1. The second-order valence-corrected chi connectivity index (χ2v) is 6.29. The predicted molar refractivity (Wildman–Crippen MR) is 74.5 cm³/mol. The minimum Gasteiger partial charge on any atom is -0.343 e. The largest absolute Gasteiger partial charge is 0.343 e. The zero-order valence-corrected chi connectivity index (χ0v) is 12.3. The number of rotatable bonds is 3. The zero-order chi connectivity index (χ0) is 14.8. The van der Waals surface area contributed by atoms with Crippen molar-refractivity contribution in [2.45, 2.75) is 52.0 Å². The second-order valence-electron chi connectivity index (χ2n) is 6.29. The Balaban J connectivity index is 1.90. The SMILES string of the molecule is CC1CC(C#N)(C(=O)NC(C)C(=O)N2CCCCC2)C1. The van der Waals surface area contributed by atoms with Crippen LogP contribution in [0.25, 0.3) is 0 Å². The molecule has 0 radical (unpaired) electrons. The van der Waals surface area contributed by atoms with Crippen LogP contribution in [-0.4, -0.2) is 35.8 Å². The van der Waals surface area contributed by atoms with Crippen LogP contribution in [0.2, 0.25) is 0 Å². The molecule has 5 heteroatoms. The van der Waals surface area contributed by atoms with Crippen molar-refractivity contribution in [3.05, 3.63) is 0 Å². The maximum Gasteiger partial charge on any atom is 0.244 e. The Hall–Kier alpha value is -1.57. The summed E-state index contributed by atoms with van der Waals surface area (Å²) in [5.74, 6) is 0.1000. The van der Waals surface area contributed by atoms with Crippen molar-refractivity contribution < 1.29 is 9.59 Å². The lowest BCUT2D eigenvalue weighted by molar-refractivity contribution is -0.141. The van der Waals surface area contributed by atoms with E-state index >= 15 is 0 Å². The average molecular weight is 277 g/mol. The van der Waals surface area contributed by atoms with Gasteiger partial charge in [-0.2, -0.15) is 5.26 Å². The Morgan fingerprint density at radius 2 is 1.90 bits per heavy atom. The van der Waals surface area contributed by atoms with Crippen LogP contribution in [0.5, 0.6) is 0 Å². The molecule has 110 valence electrons. The molecule has 1 aliphatic heterocycles. The first kappa shape index (κ1) is 14.8. The van der Waals surface area contributed by atoms with Crippen molar-refractivity contribution in [1.29, 1.82) is 5.26 Å². The van der Waals surface area contributed by atoms with Gasteiger partial charge in [-0.3, -0.25) is 9.59 Å². The minimum absolute atomic E-state index is 0.0292. The number of piperidine rings is 1. The van der Waals surface area contributed by atoms with Gasteiger partial charge in [0, 0.05) is 13.1 Å². The smallest absolute Gasteiger partial charge is 0.244 e. The third-order valence-corrected chi connectivity index (χ3v) is 4.43. The molecule has 20 heavy (non-hydrogen) atoms. The van der Waals surface area contributed by atoms with Gasteiger partial charge >= 0.3 is 0 Å². The summed E-state index contributed by atoms with van der Waals surface area (Å²) in [5.41, 5.74) is -0.907. The molecule has 2 amide bonds. The van der Waals surface area contributed by atoms with Crippen molar-refractivity contribution >= 4 is 11.8 Å². The molecule has 1 unspecified atom stereocenters. The van der Waals surface area contributed by atoms with E-state index in [1.165, 1.54) is 6.42 Å². The van der Waals surface area contributed by atoms with Crippen LogP contribution in [0, 0.1) is 22.7 Å². The number of carbonyl (C=O) groups excluding carboxylic acids is 2. The van der Waals surface area contributed by atoms with Gasteiger partial charge in [0.25, 0.3) is 0 Å². The average Bonchev–Trinajstić information content (AvgIpc) is 2.43. The summed E-state index contributed by atoms with van der Waals surface area (Å²) in [6.07, 6.45) is 4.43. The Morgan fingerprint density at radius 3 is 2.40 bits per heavy atom. The topological polar surface area (TPSA) is 73.2 Å². The molecule has 1 saturated heterocycles. The zero-order valence-electron chi connectivity index (χ0n) is 12.3. The molecule has 0 aromatic heterocycles. The Kier molecular flexibility index (Phi) is 4.32. The van der Waals surface area contributed by atoms with E-state index in [2.05, 4.69) is 11.4 Å². The van der Waals surface area contributed by atoms with Crippen LogP contribution in [-0.2, 0) is 9.59 Å². The molecule has 1 N–H and O–H groups in total. The summed E-state index contributed by atoms with van der Waals surface area (Å²) < 4.78 is 0. The van der Waals surface area contributed by atoms with Crippen molar-refractivity contribution in [2.24, 2.45) is 11.3 Å². The number of nitriles is 1. The highest BCUT2D eigenvalue weighted by molar-refractivity contribution is 5.92. The highest BCUT2D eigenvalue weighted by Gasteiger charge is 2.49. The van der Waals surface area contributed by atoms with Gasteiger partial charge in [0.1, 0.15) is 11.5 Å². The Labute approximate surface area is 120 Å². The van der Waals surface area contributed by atoms with Crippen LogP contribution >= 0.6 is 0 Å². The van der Waals surface area contributed by atoms with E-state index in [9.17, 15) is 14.9 Å². The monoisotopic (exact) mass is 277 g/mol. The van der Waals surface area contributed by atoms with Crippen LogP contribution in [0.15, 0.2) is 0 Å². The molecule has 0 aromatic carbocycles. The van der Waals surface area contributed by atoms with Crippen LogP contribution in [0.4, 0.5) is 0 Å². The third-order valence-electron chi connectivity index (χ3n) is 4.43. The predicted octanol–water partition coefficient (Wildman–Crippen LogP) is 1.44. The van der Waals surface area contributed by atoms with Crippen LogP contribution in [0.1, 0.15) is 46.0 Å². The molecular weight excluding hydrogens is 254 g/mol. The fourth-order valence-corrected chi connectivity index (χ4v) is 3.24. The summed E-state index contributed by atoms with van der Waals surface area (Å²) in [7, 11) is 0. The molecular formula is C15H23N3O2. The van der Waals surface area contributed by atoms with Gasteiger partial charge in [-0.05, 0) is 44.9 Å². The Morgan fingerprint density at radius 1 is 1.30 bits per heavy atom. The number of carbonyl (C=O) groups is 2. The molecule has 5 nitrogen and oxygen atoms in total. The number of likely N-dealkylation sites (tertiary alicyclic amines) is 1. The van der Waals surface area contributed by atoms with E-state index in [-0.39, 0.29) is 11.8 Å². The molecule has 0 spiro atoms. The molecule has 1 aliphatic carbocycles. The van der Waals surface area contributed by atoms with Gasteiger partial charge in [0.05, 0.1) is 6.07 Å². The highest BCUT2D eigenvalue weighted by atomic mass is 16.2.